The van der Waals surface area contributed by atoms with Crippen LogP contribution in [-0.4, -0.2) is 30.5 Å². The maximum atomic E-state index is 12.3. The number of ether oxygens (including phenoxy) is 1. The van der Waals surface area contributed by atoms with Crippen LogP contribution in [0.4, 0.5) is 18.9 Å². The Hall–Kier alpha value is -2.48. The highest BCUT2D eigenvalue weighted by molar-refractivity contribution is 8.00. The minimum Gasteiger partial charge on any atom is -0.452 e. The average Bonchev–Trinajstić information content (AvgIpc) is 3.03. The fourth-order valence-corrected chi connectivity index (χ4v) is 3.22. The molecule has 0 saturated heterocycles. The maximum absolute atomic E-state index is 12.3. The van der Waals surface area contributed by atoms with Gasteiger partial charge in [0.25, 0.3) is 5.91 Å². The van der Waals surface area contributed by atoms with Gasteiger partial charge >= 0.3 is 11.5 Å². The number of alkyl halides is 3. The summed E-state index contributed by atoms with van der Waals surface area (Å²) in [4.78, 5) is 25.8. The number of amides is 1. The number of carbonyl (C=O) groups is 2. The molecule has 2 aromatic rings. The molecule has 0 bridgehead atoms. The number of para-hydroxylation sites is 1. The molecule has 0 spiro atoms. The molecule has 1 aliphatic heterocycles. The Morgan fingerprint density at radius 3 is 2.46 bits per heavy atom. The first kappa shape index (κ1) is 18.3. The van der Waals surface area contributed by atoms with Crippen molar-refractivity contribution in [2.45, 2.75) is 16.8 Å². The molecule has 0 N–H and O–H groups in total. The standard InChI is InChI=1S/C18H14F3NO3S/c19-18(20,21)26-14-7-5-13(6-8-14)17(24)25-11-16(23)22-10-9-12-3-1-2-4-15(12)22/h1-8H,9-11H2. The summed E-state index contributed by atoms with van der Waals surface area (Å²) in [5, 5.41) is 0. The van der Waals surface area contributed by atoms with Gasteiger partial charge in [-0.1, -0.05) is 18.2 Å². The summed E-state index contributed by atoms with van der Waals surface area (Å²) in [5.41, 5.74) is -2.43. The summed E-state index contributed by atoms with van der Waals surface area (Å²) in [6.45, 7) is 0.102. The Kier molecular flexibility index (Phi) is 5.22. The Morgan fingerprint density at radius 2 is 1.77 bits per heavy atom. The van der Waals surface area contributed by atoms with Gasteiger partial charge in [0.2, 0.25) is 0 Å². The molecule has 0 radical (unpaired) electrons. The first-order chi connectivity index (χ1) is 12.3. The van der Waals surface area contributed by atoms with Gasteiger partial charge in [0.05, 0.1) is 5.56 Å². The fraction of sp³-hybridized carbons (Fsp3) is 0.222. The second-order valence-corrected chi connectivity index (χ2v) is 6.71. The summed E-state index contributed by atoms with van der Waals surface area (Å²) in [7, 11) is 0. The van der Waals surface area contributed by atoms with Crippen LogP contribution >= 0.6 is 11.8 Å². The van der Waals surface area contributed by atoms with Crippen molar-refractivity contribution < 1.29 is 27.5 Å². The number of carbonyl (C=O) groups excluding carboxylic acids is 2. The van der Waals surface area contributed by atoms with E-state index in [1.165, 1.54) is 24.3 Å². The van der Waals surface area contributed by atoms with Crippen LogP contribution in [0.3, 0.4) is 0 Å². The van der Waals surface area contributed by atoms with Gasteiger partial charge < -0.3 is 9.64 Å². The molecule has 1 amide bonds. The van der Waals surface area contributed by atoms with E-state index in [4.69, 9.17) is 4.74 Å². The number of halogens is 3. The van der Waals surface area contributed by atoms with Gasteiger partial charge in [0, 0.05) is 17.1 Å². The number of hydrogen-bond donors (Lipinski definition) is 0. The minimum atomic E-state index is -4.39. The van der Waals surface area contributed by atoms with Crippen molar-refractivity contribution in [3.63, 3.8) is 0 Å². The number of rotatable bonds is 4. The van der Waals surface area contributed by atoms with Crippen LogP contribution in [0.5, 0.6) is 0 Å². The molecule has 136 valence electrons. The molecule has 8 heteroatoms. The summed E-state index contributed by atoms with van der Waals surface area (Å²) < 4.78 is 41.9. The molecular weight excluding hydrogens is 367 g/mol. The highest BCUT2D eigenvalue weighted by atomic mass is 32.2. The van der Waals surface area contributed by atoms with E-state index < -0.39 is 18.1 Å². The summed E-state index contributed by atoms with van der Waals surface area (Å²) in [6.07, 6.45) is 0.744. The first-order valence-electron chi connectivity index (χ1n) is 7.75. The van der Waals surface area contributed by atoms with Gasteiger partial charge in [-0.25, -0.2) is 4.79 Å². The third-order valence-corrected chi connectivity index (χ3v) is 4.58. The second kappa shape index (κ2) is 7.41. The minimum absolute atomic E-state index is 0.0289. The highest BCUT2D eigenvalue weighted by Crippen LogP contribution is 2.36. The van der Waals surface area contributed by atoms with Crippen molar-refractivity contribution in [1.29, 1.82) is 0 Å². The van der Waals surface area contributed by atoms with Gasteiger partial charge in [-0.05, 0) is 54.1 Å². The van der Waals surface area contributed by atoms with Crippen molar-refractivity contribution in [2.75, 3.05) is 18.1 Å². The zero-order chi connectivity index (χ0) is 18.7. The van der Waals surface area contributed by atoms with Crippen LogP contribution in [0.15, 0.2) is 53.4 Å². The first-order valence-corrected chi connectivity index (χ1v) is 8.56. The van der Waals surface area contributed by atoms with E-state index in [0.717, 1.165) is 17.7 Å². The summed E-state index contributed by atoms with van der Waals surface area (Å²) in [5.74, 6) is -1.10. The van der Waals surface area contributed by atoms with Gasteiger partial charge in [-0.3, -0.25) is 4.79 Å². The fourth-order valence-electron chi connectivity index (χ4n) is 2.68. The molecule has 26 heavy (non-hydrogen) atoms. The summed E-state index contributed by atoms with van der Waals surface area (Å²) >= 11 is -0.263. The van der Waals surface area contributed by atoms with Crippen LogP contribution in [0, 0.1) is 0 Å². The zero-order valence-electron chi connectivity index (χ0n) is 13.5. The molecule has 1 aliphatic rings. The third kappa shape index (κ3) is 4.37. The average molecular weight is 381 g/mol. The van der Waals surface area contributed by atoms with E-state index in [1.54, 1.807) is 4.90 Å². The quantitative estimate of drug-likeness (QED) is 0.592. The Bertz CT molecular complexity index is 821. The summed E-state index contributed by atoms with van der Waals surface area (Å²) in [6, 6.07) is 12.4. The van der Waals surface area contributed by atoms with Crippen LogP contribution < -0.4 is 4.90 Å². The van der Waals surface area contributed by atoms with Gasteiger partial charge in [0.1, 0.15) is 0 Å². The molecule has 0 atom stereocenters. The predicted molar refractivity (Wildman–Crippen MR) is 91.1 cm³/mol. The third-order valence-electron chi connectivity index (χ3n) is 3.84. The Labute approximate surface area is 151 Å². The van der Waals surface area contributed by atoms with Crippen LogP contribution in [0.2, 0.25) is 0 Å². The highest BCUT2D eigenvalue weighted by Gasteiger charge is 2.29. The van der Waals surface area contributed by atoms with Gasteiger partial charge in [0.15, 0.2) is 6.61 Å². The van der Waals surface area contributed by atoms with Crippen LogP contribution in [0.1, 0.15) is 15.9 Å². The Morgan fingerprint density at radius 1 is 1.08 bits per heavy atom. The lowest BCUT2D eigenvalue weighted by Gasteiger charge is -2.17. The maximum Gasteiger partial charge on any atom is 0.446 e. The predicted octanol–water partition coefficient (Wildman–Crippen LogP) is 4.04. The van der Waals surface area contributed by atoms with Crippen LogP contribution in [-0.2, 0) is 16.0 Å². The number of hydrogen-bond acceptors (Lipinski definition) is 4. The molecule has 0 saturated carbocycles. The monoisotopic (exact) mass is 381 g/mol. The molecular formula is C18H14F3NO3S. The lowest BCUT2D eigenvalue weighted by Crippen LogP contribution is -2.33. The van der Waals surface area contributed by atoms with Crippen molar-refractivity contribution in [3.05, 3.63) is 59.7 Å². The van der Waals surface area contributed by atoms with Crippen molar-refractivity contribution in [3.8, 4) is 0 Å². The van der Waals surface area contributed by atoms with Gasteiger partial charge in [-0.2, -0.15) is 13.2 Å². The topological polar surface area (TPSA) is 46.6 Å². The normalized spacial score (nSPS) is 13.4. The van der Waals surface area contributed by atoms with E-state index in [1.807, 2.05) is 24.3 Å². The molecule has 0 unspecified atom stereocenters. The number of esters is 1. The van der Waals surface area contributed by atoms with Gasteiger partial charge in [-0.15, -0.1) is 0 Å². The second-order valence-electron chi connectivity index (χ2n) is 5.57. The van der Waals surface area contributed by atoms with E-state index in [9.17, 15) is 22.8 Å². The SMILES string of the molecule is O=C(OCC(=O)N1CCc2ccccc21)c1ccc(SC(F)(F)F)cc1. The number of fused-ring (bicyclic) bond motifs is 1. The van der Waals surface area contributed by atoms with Crippen molar-refractivity contribution >= 4 is 29.3 Å². The smallest absolute Gasteiger partial charge is 0.446 e. The van der Waals surface area contributed by atoms with E-state index >= 15 is 0 Å². The number of benzene rings is 2. The van der Waals surface area contributed by atoms with Crippen LogP contribution in [0.25, 0.3) is 0 Å². The molecule has 2 aromatic carbocycles. The lowest BCUT2D eigenvalue weighted by molar-refractivity contribution is -0.121. The Balaban J connectivity index is 1.56. The van der Waals surface area contributed by atoms with E-state index in [0.29, 0.717) is 6.54 Å². The molecule has 0 aromatic heterocycles. The number of anilines is 1. The molecule has 0 aliphatic carbocycles. The molecule has 3 rings (SSSR count). The number of nitrogens with zero attached hydrogens (tertiary/aromatic N) is 1. The molecule has 1 heterocycles. The lowest BCUT2D eigenvalue weighted by atomic mass is 10.2. The van der Waals surface area contributed by atoms with Crippen molar-refractivity contribution in [2.24, 2.45) is 0 Å². The largest absolute Gasteiger partial charge is 0.452 e. The molecule has 4 nitrogen and oxygen atoms in total. The van der Waals surface area contributed by atoms with E-state index in [2.05, 4.69) is 0 Å². The van der Waals surface area contributed by atoms with E-state index in [-0.39, 0.29) is 28.1 Å². The molecule has 0 fully saturated rings. The zero-order valence-corrected chi connectivity index (χ0v) is 14.3. The van der Waals surface area contributed by atoms with Crippen molar-refractivity contribution in [1.82, 2.24) is 0 Å². The number of thioether (sulfide) groups is 1.